The molecule has 5 nitrogen and oxygen atoms in total. The highest BCUT2D eigenvalue weighted by Crippen LogP contribution is 2.25. The minimum absolute atomic E-state index is 0.138. The van der Waals surface area contributed by atoms with Gasteiger partial charge >= 0.3 is 0 Å². The second-order valence-electron chi connectivity index (χ2n) is 6.22. The number of nitrogens with one attached hydrogen (secondary N) is 2. The normalized spacial score (nSPS) is 14.0. The van der Waals surface area contributed by atoms with Crippen LogP contribution in [0, 0.1) is 5.82 Å². The number of hydrogen-bond donors (Lipinski definition) is 2. The summed E-state index contributed by atoms with van der Waals surface area (Å²) in [5.41, 5.74) is 2.48. The number of fused-ring (bicyclic) bond motifs is 1. The molecule has 0 spiro atoms. The van der Waals surface area contributed by atoms with E-state index in [9.17, 15) is 17.6 Å². The van der Waals surface area contributed by atoms with Crippen molar-refractivity contribution in [2.24, 2.45) is 0 Å². The lowest BCUT2D eigenvalue weighted by Crippen LogP contribution is -2.25. The first kappa shape index (κ1) is 17.6. The Morgan fingerprint density at radius 3 is 2.84 bits per heavy atom. The van der Waals surface area contributed by atoms with Crippen LogP contribution in [0.25, 0.3) is 0 Å². The zero-order valence-corrected chi connectivity index (χ0v) is 14.6. The summed E-state index contributed by atoms with van der Waals surface area (Å²) in [6.45, 7) is 1.32. The van der Waals surface area contributed by atoms with Crippen LogP contribution < -0.4 is 10.6 Å². The van der Waals surface area contributed by atoms with Crippen LogP contribution in [0.2, 0.25) is 0 Å². The van der Waals surface area contributed by atoms with E-state index in [2.05, 4.69) is 10.6 Å². The van der Waals surface area contributed by atoms with Crippen molar-refractivity contribution in [3.05, 3.63) is 64.5 Å². The molecule has 0 unspecified atom stereocenters. The second kappa shape index (κ2) is 6.93. The van der Waals surface area contributed by atoms with E-state index in [1.165, 1.54) is 6.07 Å². The third-order valence-electron chi connectivity index (χ3n) is 4.07. The van der Waals surface area contributed by atoms with Gasteiger partial charge in [-0.3, -0.25) is 4.79 Å². The van der Waals surface area contributed by atoms with Crippen molar-refractivity contribution in [3.8, 4) is 0 Å². The molecule has 0 aliphatic carbocycles. The molecule has 1 amide bonds. The fraction of sp³-hybridized carbons (Fsp3) is 0.278. The predicted octanol–water partition coefficient (Wildman–Crippen LogP) is 2.27. The molecule has 2 N–H and O–H groups in total. The van der Waals surface area contributed by atoms with Gasteiger partial charge in [0.05, 0.1) is 11.4 Å². The van der Waals surface area contributed by atoms with Gasteiger partial charge in [-0.1, -0.05) is 18.2 Å². The molecule has 0 saturated carbocycles. The maximum atomic E-state index is 14.6. The minimum atomic E-state index is -3.19. The number of carbonyl (C=O) groups excluding carboxylic acids is 1. The molecule has 2 aromatic carbocycles. The summed E-state index contributed by atoms with van der Waals surface area (Å²) < 4.78 is 37.4. The van der Waals surface area contributed by atoms with Crippen LogP contribution in [-0.4, -0.2) is 27.1 Å². The lowest BCUT2D eigenvalue weighted by molar-refractivity contribution is 0.102. The zero-order valence-electron chi connectivity index (χ0n) is 13.8. The van der Waals surface area contributed by atoms with E-state index in [1.807, 2.05) is 0 Å². The molecular formula is C18H19FN2O3S. The fourth-order valence-corrected chi connectivity index (χ4v) is 3.71. The van der Waals surface area contributed by atoms with E-state index in [4.69, 9.17) is 0 Å². The number of amides is 1. The Labute approximate surface area is 146 Å². The summed E-state index contributed by atoms with van der Waals surface area (Å²) in [4.78, 5) is 12.4. The van der Waals surface area contributed by atoms with Crippen LogP contribution >= 0.6 is 0 Å². The van der Waals surface area contributed by atoms with Gasteiger partial charge in [-0.15, -0.1) is 0 Å². The monoisotopic (exact) mass is 362 g/mol. The molecule has 1 heterocycles. The van der Waals surface area contributed by atoms with E-state index in [-0.39, 0.29) is 11.4 Å². The van der Waals surface area contributed by atoms with E-state index in [0.29, 0.717) is 36.2 Å². The summed E-state index contributed by atoms with van der Waals surface area (Å²) in [5.74, 6) is -1.02. The van der Waals surface area contributed by atoms with E-state index in [0.717, 1.165) is 11.8 Å². The Kier molecular flexibility index (Phi) is 4.87. The summed E-state index contributed by atoms with van der Waals surface area (Å²) >= 11 is 0. The predicted molar refractivity (Wildman–Crippen MR) is 94.8 cm³/mol. The Bertz CT molecular complexity index is 926. The lowest BCUT2D eigenvalue weighted by Gasteiger charge is -2.19. The average molecular weight is 362 g/mol. The standard InChI is InChI=1S/C18H19FN2O3S/c1-25(23,24)11-12-3-2-4-13(9-12)18(22)21-16-6-5-14-10-20-8-7-15(14)17(16)19/h2-6,9,20H,7-8,10-11H2,1H3,(H,21,22). The van der Waals surface area contributed by atoms with Crippen LogP contribution in [0.4, 0.5) is 10.1 Å². The number of halogens is 1. The van der Waals surface area contributed by atoms with Gasteiger partial charge in [0.2, 0.25) is 0 Å². The highest BCUT2D eigenvalue weighted by Gasteiger charge is 2.18. The van der Waals surface area contributed by atoms with Crippen molar-refractivity contribution in [1.82, 2.24) is 5.32 Å². The van der Waals surface area contributed by atoms with Crippen molar-refractivity contribution in [1.29, 1.82) is 0 Å². The number of carbonyl (C=O) groups is 1. The number of hydrogen-bond acceptors (Lipinski definition) is 4. The molecule has 0 radical (unpaired) electrons. The Hall–Kier alpha value is -2.25. The smallest absolute Gasteiger partial charge is 0.255 e. The average Bonchev–Trinajstić information content (AvgIpc) is 2.56. The SMILES string of the molecule is CS(=O)(=O)Cc1cccc(C(=O)Nc2ccc3c(c2F)CCNC3)c1. The van der Waals surface area contributed by atoms with Crippen LogP contribution in [-0.2, 0) is 28.6 Å². The highest BCUT2D eigenvalue weighted by molar-refractivity contribution is 7.89. The Balaban J connectivity index is 1.82. The zero-order chi connectivity index (χ0) is 18.0. The van der Waals surface area contributed by atoms with Gasteiger partial charge in [-0.2, -0.15) is 0 Å². The highest BCUT2D eigenvalue weighted by atomic mass is 32.2. The molecule has 0 saturated heterocycles. The number of rotatable bonds is 4. The third kappa shape index (κ3) is 4.24. The van der Waals surface area contributed by atoms with Crippen LogP contribution in [0.3, 0.4) is 0 Å². The molecule has 0 atom stereocenters. The maximum absolute atomic E-state index is 14.6. The summed E-state index contributed by atoms with van der Waals surface area (Å²) in [6.07, 6.45) is 1.71. The van der Waals surface area contributed by atoms with E-state index in [1.54, 1.807) is 30.3 Å². The first-order valence-corrected chi connectivity index (χ1v) is 9.98. The molecule has 1 aliphatic heterocycles. The van der Waals surface area contributed by atoms with Gasteiger partial charge in [0.1, 0.15) is 5.82 Å². The fourth-order valence-electron chi connectivity index (χ4n) is 2.93. The van der Waals surface area contributed by atoms with Crippen molar-refractivity contribution in [2.45, 2.75) is 18.7 Å². The quantitative estimate of drug-likeness (QED) is 0.875. The molecular weight excluding hydrogens is 343 g/mol. The molecule has 3 rings (SSSR count). The molecule has 0 bridgehead atoms. The third-order valence-corrected chi connectivity index (χ3v) is 4.93. The molecule has 0 fully saturated rings. The first-order valence-electron chi connectivity index (χ1n) is 7.92. The largest absolute Gasteiger partial charge is 0.319 e. The number of benzene rings is 2. The molecule has 0 aromatic heterocycles. The van der Waals surface area contributed by atoms with Crippen molar-refractivity contribution in [2.75, 3.05) is 18.1 Å². The van der Waals surface area contributed by atoms with Gasteiger partial charge in [0.25, 0.3) is 5.91 Å². The van der Waals surface area contributed by atoms with Crippen molar-refractivity contribution < 1.29 is 17.6 Å². The molecule has 7 heteroatoms. The second-order valence-corrected chi connectivity index (χ2v) is 8.36. The van der Waals surface area contributed by atoms with E-state index < -0.39 is 21.6 Å². The van der Waals surface area contributed by atoms with Gasteiger partial charge in [0.15, 0.2) is 9.84 Å². The first-order chi connectivity index (χ1) is 11.8. The molecule has 132 valence electrons. The van der Waals surface area contributed by atoms with Gasteiger partial charge in [-0.25, -0.2) is 12.8 Å². The maximum Gasteiger partial charge on any atom is 0.255 e. The molecule has 2 aromatic rings. The van der Waals surface area contributed by atoms with Gasteiger partial charge in [-0.05, 0) is 47.9 Å². The summed E-state index contributed by atoms with van der Waals surface area (Å²) in [5, 5.41) is 5.76. The van der Waals surface area contributed by atoms with Gasteiger partial charge < -0.3 is 10.6 Å². The van der Waals surface area contributed by atoms with Crippen molar-refractivity contribution >= 4 is 21.4 Å². The van der Waals surface area contributed by atoms with Gasteiger partial charge in [0, 0.05) is 18.4 Å². The molecule has 25 heavy (non-hydrogen) atoms. The van der Waals surface area contributed by atoms with Crippen LogP contribution in [0.1, 0.15) is 27.0 Å². The number of sulfone groups is 1. The topological polar surface area (TPSA) is 75.3 Å². The summed E-state index contributed by atoms with van der Waals surface area (Å²) in [6, 6.07) is 9.70. The van der Waals surface area contributed by atoms with Crippen molar-refractivity contribution in [3.63, 3.8) is 0 Å². The van der Waals surface area contributed by atoms with Crippen LogP contribution in [0.5, 0.6) is 0 Å². The molecule has 1 aliphatic rings. The summed E-state index contributed by atoms with van der Waals surface area (Å²) in [7, 11) is -3.19. The Morgan fingerprint density at radius 1 is 1.28 bits per heavy atom. The number of anilines is 1. The Morgan fingerprint density at radius 2 is 2.08 bits per heavy atom. The lowest BCUT2D eigenvalue weighted by atomic mass is 9.99. The van der Waals surface area contributed by atoms with Crippen LogP contribution in [0.15, 0.2) is 36.4 Å². The van der Waals surface area contributed by atoms with E-state index >= 15 is 0 Å². The minimum Gasteiger partial charge on any atom is -0.319 e.